The molecule has 1 saturated heterocycles. The van der Waals surface area contributed by atoms with E-state index < -0.39 is 33.8 Å². The molecular weight excluding hydrogens is 485 g/mol. The Morgan fingerprint density at radius 1 is 0.879 bits per heavy atom. The number of hydrogen-bond donors (Lipinski definition) is 0. The Morgan fingerprint density at radius 3 is 2.00 bits per heavy atom. The Kier molecular flexibility index (Phi) is 10.00. The molecule has 0 aromatic rings. The second-order valence-corrected chi connectivity index (χ2v) is 28.2. The first kappa shape index (κ1) is 29.1. The van der Waals surface area contributed by atoms with Crippen molar-refractivity contribution in [3.63, 3.8) is 0 Å². The molecule has 0 amide bonds. The zero-order valence-electron chi connectivity index (χ0n) is 22.5. The van der Waals surface area contributed by atoms with Gasteiger partial charge in [-0.05, 0) is 103 Å². The van der Waals surface area contributed by atoms with Gasteiger partial charge in [-0.2, -0.15) is 0 Å². The smallest absolute Gasteiger partial charge is 0.333 e. The van der Waals surface area contributed by atoms with Crippen LogP contribution in [0.4, 0.5) is 0 Å². The summed E-state index contributed by atoms with van der Waals surface area (Å²) in [7, 11) is -8.43. The molecule has 10 heteroatoms. The van der Waals surface area contributed by atoms with Gasteiger partial charge in [-0.3, -0.25) is 0 Å². The molecule has 0 radical (unpaired) electrons. The maximum absolute atomic E-state index is 11.6. The summed E-state index contributed by atoms with van der Waals surface area (Å²) >= 11 is 0. The van der Waals surface area contributed by atoms with E-state index in [0.29, 0.717) is 24.4 Å². The Labute approximate surface area is 206 Å². The van der Waals surface area contributed by atoms with Gasteiger partial charge < -0.3 is 21.8 Å². The second-order valence-electron chi connectivity index (χ2n) is 12.1. The number of fused-ring (bicyclic) bond motifs is 1. The van der Waals surface area contributed by atoms with Crippen molar-refractivity contribution in [3.05, 3.63) is 12.2 Å². The van der Waals surface area contributed by atoms with Gasteiger partial charge in [0.1, 0.15) is 0 Å². The number of rotatable bonds is 14. The Balaban J connectivity index is 1.77. The molecular formula is C23H48O6Si4. The monoisotopic (exact) mass is 532 g/mol. The van der Waals surface area contributed by atoms with Gasteiger partial charge in [0.15, 0.2) is 16.6 Å². The minimum atomic E-state index is -2.35. The van der Waals surface area contributed by atoms with Crippen molar-refractivity contribution >= 4 is 39.7 Å². The average Bonchev–Trinajstić information content (AvgIpc) is 3.39. The van der Waals surface area contributed by atoms with E-state index in [1.165, 1.54) is 31.7 Å². The van der Waals surface area contributed by atoms with Crippen LogP contribution in [0.1, 0.15) is 39.0 Å². The summed E-state index contributed by atoms with van der Waals surface area (Å²) in [5.74, 6) is 0.476. The van der Waals surface area contributed by atoms with Gasteiger partial charge in [0, 0.05) is 5.57 Å². The first-order valence-electron chi connectivity index (χ1n) is 12.6. The fourth-order valence-electron chi connectivity index (χ4n) is 5.15. The molecule has 1 aliphatic heterocycles. The first-order valence-corrected chi connectivity index (χ1v) is 24.4. The summed E-state index contributed by atoms with van der Waals surface area (Å²) in [5, 5.41) is 0. The van der Waals surface area contributed by atoms with E-state index in [2.05, 4.69) is 59.0 Å². The lowest BCUT2D eigenvalue weighted by molar-refractivity contribution is -0.138. The predicted molar refractivity (Wildman–Crippen MR) is 144 cm³/mol. The third-order valence-corrected chi connectivity index (χ3v) is 21.6. The van der Waals surface area contributed by atoms with Crippen LogP contribution in [0.2, 0.25) is 64.5 Å². The molecule has 1 aliphatic carbocycles. The Hall–Kier alpha value is -0.0825. The van der Waals surface area contributed by atoms with Crippen molar-refractivity contribution in [3.8, 4) is 0 Å². The predicted octanol–water partition coefficient (Wildman–Crippen LogP) is 6.32. The van der Waals surface area contributed by atoms with Gasteiger partial charge >= 0.3 is 23.1 Å². The van der Waals surface area contributed by atoms with Crippen LogP contribution in [0.25, 0.3) is 0 Å². The van der Waals surface area contributed by atoms with E-state index in [4.69, 9.17) is 21.8 Å². The molecule has 2 aliphatic rings. The van der Waals surface area contributed by atoms with Crippen molar-refractivity contribution < 1.29 is 26.6 Å². The summed E-state index contributed by atoms with van der Waals surface area (Å²) < 4.78 is 31.0. The van der Waals surface area contributed by atoms with Gasteiger partial charge in [0.25, 0.3) is 0 Å². The van der Waals surface area contributed by atoms with Crippen molar-refractivity contribution in [2.75, 3.05) is 6.61 Å². The van der Waals surface area contributed by atoms with E-state index in [-0.39, 0.29) is 5.97 Å². The van der Waals surface area contributed by atoms with Crippen LogP contribution in [0.5, 0.6) is 0 Å². The van der Waals surface area contributed by atoms with E-state index in [9.17, 15) is 4.79 Å². The zero-order valence-corrected chi connectivity index (χ0v) is 26.5. The summed E-state index contributed by atoms with van der Waals surface area (Å²) in [5.41, 5.74) is 0.438. The highest BCUT2D eigenvalue weighted by molar-refractivity contribution is 6.89. The largest absolute Gasteiger partial charge is 0.462 e. The minimum Gasteiger partial charge on any atom is -0.462 e. The van der Waals surface area contributed by atoms with Crippen molar-refractivity contribution in [2.24, 2.45) is 5.92 Å². The highest BCUT2D eigenvalue weighted by Crippen LogP contribution is 2.41. The molecule has 192 valence electrons. The average molecular weight is 533 g/mol. The van der Waals surface area contributed by atoms with Crippen LogP contribution in [0.3, 0.4) is 0 Å². The molecule has 33 heavy (non-hydrogen) atoms. The molecule has 3 unspecified atom stereocenters. The summed E-state index contributed by atoms with van der Waals surface area (Å²) in [4.78, 5) is 11.6. The minimum absolute atomic E-state index is 0.321. The molecule has 6 nitrogen and oxygen atoms in total. The van der Waals surface area contributed by atoms with Crippen LogP contribution in [0, 0.1) is 5.92 Å². The number of carbonyl (C=O) groups is 1. The van der Waals surface area contributed by atoms with Crippen LogP contribution in [0.15, 0.2) is 12.2 Å². The summed E-state index contributed by atoms with van der Waals surface area (Å²) in [6.45, 7) is 23.4. The molecule has 1 saturated carbocycles. The highest BCUT2D eigenvalue weighted by atomic mass is 28.5. The van der Waals surface area contributed by atoms with Crippen LogP contribution < -0.4 is 0 Å². The lowest BCUT2D eigenvalue weighted by Gasteiger charge is -2.41. The van der Waals surface area contributed by atoms with E-state index >= 15 is 0 Å². The van der Waals surface area contributed by atoms with E-state index in [1.807, 2.05) is 0 Å². The molecule has 0 spiro atoms. The van der Waals surface area contributed by atoms with Gasteiger partial charge in [-0.25, -0.2) is 4.79 Å². The quantitative estimate of drug-likeness (QED) is 0.0857. The summed E-state index contributed by atoms with van der Waals surface area (Å²) in [6.07, 6.45) is 6.98. The lowest BCUT2D eigenvalue weighted by atomic mass is 9.88. The second kappa shape index (κ2) is 11.3. The van der Waals surface area contributed by atoms with E-state index in [1.54, 1.807) is 6.92 Å². The normalized spacial score (nSPS) is 23.7. The lowest BCUT2D eigenvalue weighted by Crippen LogP contribution is -2.56. The molecule has 0 aromatic heterocycles. The van der Waals surface area contributed by atoms with Gasteiger partial charge in [-0.1, -0.05) is 13.0 Å². The van der Waals surface area contributed by atoms with Crippen LogP contribution >= 0.6 is 0 Å². The summed E-state index contributed by atoms with van der Waals surface area (Å²) in [6, 6.07) is 2.10. The van der Waals surface area contributed by atoms with Gasteiger partial charge in [-0.15, -0.1) is 0 Å². The molecule has 3 atom stereocenters. The molecule has 0 bridgehead atoms. The number of epoxide rings is 1. The van der Waals surface area contributed by atoms with Crippen molar-refractivity contribution in [1.82, 2.24) is 0 Å². The van der Waals surface area contributed by atoms with Gasteiger partial charge in [0.2, 0.25) is 0 Å². The van der Waals surface area contributed by atoms with Crippen LogP contribution in [-0.2, 0) is 26.6 Å². The van der Waals surface area contributed by atoms with E-state index in [0.717, 1.165) is 18.4 Å². The molecule has 2 fully saturated rings. The Morgan fingerprint density at radius 2 is 1.45 bits per heavy atom. The molecule has 1 heterocycles. The third-order valence-electron chi connectivity index (χ3n) is 6.31. The zero-order chi connectivity index (χ0) is 25.1. The molecule has 0 N–H and O–H groups in total. The SMILES string of the molecule is C=C(C)C(=O)OCCC[Si](C)(C)O[Si](C)(C)O[Si](C)(C)O[Si](C)(C)CCC1CCC2OC2C1. The fourth-order valence-corrected chi connectivity index (χ4v) is 24.5. The van der Waals surface area contributed by atoms with Crippen LogP contribution in [-0.4, -0.2) is 58.5 Å². The third kappa shape index (κ3) is 11.0. The maximum atomic E-state index is 11.6. The van der Waals surface area contributed by atoms with Crippen molar-refractivity contribution in [1.29, 1.82) is 0 Å². The van der Waals surface area contributed by atoms with Crippen molar-refractivity contribution in [2.45, 2.75) is 116 Å². The molecule has 0 aromatic carbocycles. The standard InChI is InChI=1S/C23H48O6Si4/c1-19(2)23(24)25-15-11-16-30(3,4)27-32(7,8)29-33(9,10)28-31(5,6)17-14-20-12-13-21-22(18-20)26-21/h20-22H,1,11-18H2,2-10H3. The number of esters is 1. The first-order chi connectivity index (χ1) is 15.0. The highest BCUT2D eigenvalue weighted by Gasteiger charge is 2.45. The topological polar surface area (TPSA) is 66.5 Å². The number of carbonyl (C=O) groups excluding carboxylic acids is 1. The molecule has 2 rings (SSSR count). The number of ether oxygens (including phenoxy) is 2. The number of hydrogen-bond acceptors (Lipinski definition) is 6. The maximum Gasteiger partial charge on any atom is 0.333 e. The van der Waals surface area contributed by atoms with Gasteiger partial charge in [0.05, 0.1) is 18.8 Å². The fraction of sp³-hybridized carbons (Fsp3) is 0.870. The Bertz CT molecular complexity index is 694.